The van der Waals surface area contributed by atoms with Crippen LogP contribution < -0.4 is 4.74 Å². The summed E-state index contributed by atoms with van der Waals surface area (Å²) in [5.74, 6) is 0.942. The van der Waals surface area contributed by atoms with E-state index in [1.54, 1.807) is 11.0 Å². The molecule has 4 aromatic rings. The Labute approximate surface area is 232 Å². The average Bonchev–Trinajstić information content (AvgIpc) is 3.44. The predicted octanol–water partition coefficient (Wildman–Crippen LogP) is 7.91. The minimum atomic E-state index is 0.0739. The molecule has 5 heteroatoms. The van der Waals surface area contributed by atoms with Gasteiger partial charge in [0.1, 0.15) is 5.75 Å². The van der Waals surface area contributed by atoms with Crippen LogP contribution in [0.25, 0.3) is 22.0 Å². The number of allylic oxidation sites excluding steroid dienone is 2. The number of hydrogen-bond donors (Lipinski definition) is 1. The van der Waals surface area contributed by atoms with Crippen molar-refractivity contribution in [1.29, 1.82) is 0 Å². The quantitative estimate of drug-likeness (QED) is 0.110. The lowest BCUT2D eigenvalue weighted by molar-refractivity contribution is -0.124. The fraction of sp³-hybridized carbons (Fsp3) is 0.294. The number of rotatable bonds is 13. The van der Waals surface area contributed by atoms with Gasteiger partial charge in [-0.2, -0.15) is 5.10 Å². The van der Waals surface area contributed by atoms with Crippen LogP contribution in [0.5, 0.6) is 5.75 Å². The highest BCUT2D eigenvalue weighted by Gasteiger charge is 2.14. The first kappa shape index (κ1) is 27.9. The maximum atomic E-state index is 12.0. The minimum absolute atomic E-state index is 0.0739. The Morgan fingerprint density at radius 1 is 0.949 bits per heavy atom. The van der Waals surface area contributed by atoms with Gasteiger partial charge < -0.3 is 9.64 Å². The Morgan fingerprint density at radius 3 is 2.46 bits per heavy atom. The summed E-state index contributed by atoms with van der Waals surface area (Å²) in [4.78, 5) is 13.7. The molecule has 0 unspecified atom stereocenters. The molecule has 5 nitrogen and oxygen atoms in total. The van der Waals surface area contributed by atoms with Crippen LogP contribution in [-0.4, -0.2) is 41.2 Å². The summed E-state index contributed by atoms with van der Waals surface area (Å²) >= 11 is 0. The van der Waals surface area contributed by atoms with Crippen LogP contribution in [0.3, 0.4) is 0 Å². The van der Waals surface area contributed by atoms with E-state index < -0.39 is 0 Å². The van der Waals surface area contributed by atoms with Crippen molar-refractivity contribution in [3.8, 4) is 5.75 Å². The number of nitrogens with zero attached hydrogens (tertiary/aromatic N) is 2. The molecule has 4 rings (SSSR count). The number of aromatic nitrogens is 2. The number of unbranched alkanes of at least 4 members (excludes halogenated alkanes) is 2. The summed E-state index contributed by atoms with van der Waals surface area (Å²) in [6, 6.07) is 25.5. The first-order chi connectivity index (χ1) is 19.1. The molecule has 1 aromatic heterocycles. The highest BCUT2D eigenvalue weighted by Crippen LogP contribution is 2.36. The van der Waals surface area contributed by atoms with Crippen LogP contribution in [0.15, 0.2) is 91.1 Å². The number of fused-ring (bicyclic) bond motifs is 1. The smallest absolute Gasteiger partial charge is 0.245 e. The third-order valence-corrected chi connectivity index (χ3v) is 6.88. The van der Waals surface area contributed by atoms with Crippen molar-refractivity contribution in [2.45, 2.75) is 46.0 Å². The predicted molar refractivity (Wildman–Crippen MR) is 162 cm³/mol. The van der Waals surface area contributed by atoms with Crippen LogP contribution in [0.2, 0.25) is 0 Å². The molecule has 0 saturated carbocycles. The molecule has 0 bridgehead atoms. The molecule has 0 atom stereocenters. The van der Waals surface area contributed by atoms with Crippen molar-refractivity contribution in [2.24, 2.45) is 0 Å². The van der Waals surface area contributed by atoms with Gasteiger partial charge in [-0.3, -0.25) is 9.89 Å². The Bertz CT molecular complexity index is 1400. The largest absolute Gasteiger partial charge is 0.494 e. The fourth-order valence-electron chi connectivity index (χ4n) is 4.81. The normalized spacial score (nSPS) is 12.1. The molecule has 0 radical (unpaired) electrons. The van der Waals surface area contributed by atoms with Crippen molar-refractivity contribution >= 4 is 28.0 Å². The van der Waals surface area contributed by atoms with Gasteiger partial charge in [0.05, 0.1) is 18.3 Å². The number of carbonyl (C=O) groups excluding carboxylic acids is 1. The van der Waals surface area contributed by atoms with E-state index in [0.717, 1.165) is 60.9 Å². The lowest BCUT2D eigenvalue weighted by Gasteiger charge is -2.17. The van der Waals surface area contributed by atoms with Gasteiger partial charge in [-0.25, -0.2) is 0 Å². The molecule has 39 heavy (non-hydrogen) atoms. The number of hydrogen-bond acceptors (Lipinski definition) is 3. The molecule has 0 fully saturated rings. The third kappa shape index (κ3) is 7.47. The van der Waals surface area contributed by atoms with Crippen molar-refractivity contribution in [3.63, 3.8) is 0 Å². The van der Waals surface area contributed by atoms with Crippen molar-refractivity contribution < 1.29 is 9.53 Å². The summed E-state index contributed by atoms with van der Waals surface area (Å²) < 4.78 is 6.04. The molecule has 1 amide bonds. The second-order valence-corrected chi connectivity index (χ2v) is 9.78. The van der Waals surface area contributed by atoms with Gasteiger partial charge in [0.15, 0.2) is 0 Å². The van der Waals surface area contributed by atoms with E-state index in [-0.39, 0.29) is 5.91 Å². The van der Waals surface area contributed by atoms with Gasteiger partial charge >= 0.3 is 0 Å². The molecule has 0 saturated heterocycles. The van der Waals surface area contributed by atoms with Gasteiger partial charge in [-0.15, -0.1) is 0 Å². The van der Waals surface area contributed by atoms with E-state index in [0.29, 0.717) is 6.61 Å². The maximum Gasteiger partial charge on any atom is 0.245 e. The Balaban J connectivity index is 1.44. The van der Waals surface area contributed by atoms with E-state index >= 15 is 0 Å². The van der Waals surface area contributed by atoms with Crippen LogP contribution in [0.1, 0.15) is 62.6 Å². The zero-order chi connectivity index (χ0) is 27.5. The fourth-order valence-corrected chi connectivity index (χ4v) is 4.81. The van der Waals surface area contributed by atoms with Gasteiger partial charge in [0.25, 0.3) is 0 Å². The zero-order valence-electron chi connectivity index (χ0n) is 23.3. The van der Waals surface area contributed by atoms with E-state index in [1.807, 2.05) is 19.3 Å². The molecular weight excluding hydrogens is 482 g/mol. The van der Waals surface area contributed by atoms with E-state index in [4.69, 9.17) is 4.74 Å². The lowest BCUT2D eigenvalue weighted by Crippen LogP contribution is -2.25. The summed E-state index contributed by atoms with van der Waals surface area (Å²) in [6.07, 6.45) is 10.2. The van der Waals surface area contributed by atoms with Crippen LogP contribution >= 0.6 is 0 Å². The number of ether oxygens (including phenoxy) is 1. The van der Waals surface area contributed by atoms with Crippen molar-refractivity contribution in [3.05, 3.63) is 108 Å². The Hall–Kier alpha value is -4.12. The summed E-state index contributed by atoms with van der Waals surface area (Å²) in [5, 5.41) is 8.36. The number of likely N-dealkylation sites (N-methyl/N-ethyl adjacent to an activating group) is 1. The summed E-state index contributed by atoms with van der Waals surface area (Å²) in [6.45, 7) is 5.73. The molecular formula is C34H39N3O2. The monoisotopic (exact) mass is 521 g/mol. The first-order valence-electron chi connectivity index (χ1n) is 14.0. The molecule has 0 aliphatic rings. The number of H-pyrrole nitrogens is 1. The SMILES string of the molecule is CCCN(C)C(=O)/C=C/CCCCOc1ccc(/C(=C(/CC)c2ccccc2)c2ccc3[nH]ncc3c2)cc1. The number of aromatic amines is 1. The maximum absolute atomic E-state index is 12.0. The second kappa shape index (κ2) is 14.1. The molecule has 202 valence electrons. The summed E-state index contributed by atoms with van der Waals surface area (Å²) in [7, 11) is 1.84. The Kier molecular flexibility index (Phi) is 10.1. The van der Waals surface area contributed by atoms with Crippen LogP contribution in [-0.2, 0) is 4.79 Å². The van der Waals surface area contributed by atoms with Crippen LogP contribution in [0, 0.1) is 0 Å². The van der Waals surface area contributed by atoms with E-state index in [2.05, 4.69) is 96.8 Å². The molecule has 0 aliphatic carbocycles. The zero-order valence-corrected chi connectivity index (χ0v) is 23.3. The second-order valence-electron chi connectivity index (χ2n) is 9.78. The molecule has 1 heterocycles. The van der Waals surface area contributed by atoms with Crippen LogP contribution in [0.4, 0.5) is 0 Å². The first-order valence-corrected chi connectivity index (χ1v) is 14.0. The molecule has 3 aromatic carbocycles. The number of benzene rings is 3. The molecule has 0 spiro atoms. The van der Waals surface area contributed by atoms with Gasteiger partial charge in [0, 0.05) is 19.0 Å². The van der Waals surface area contributed by atoms with Gasteiger partial charge in [0.2, 0.25) is 5.91 Å². The van der Waals surface area contributed by atoms with Crippen molar-refractivity contribution in [1.82, 2.24) is 15.1 Å². The number of amides is 1. The number of nitrogens with one attached hydrogen (secondary N) is 1. The lowest BCUT2D eigenvalue weighted by atomic mass is 9.88. The summed E-state index contributed by atoms with van der Waals surface area (Å²) in [5.41, 5.74) is 7.13. The van der Waals surface area contributed by atoms with E-state index in [9.17, 15) is 4.79 Å². The van der Waals surface area contributed by atoms with E-state index in [1.165, 1.54) is 22.3 Å². The third-order valence-electron chi connectivity index (χ3n) is 6.88. The highest BCUT2D eigenvalue weighted by molar-refractivity contribution is 6.00. The standard InChI is InChI=1S/C34H39N3O2/c1-4-22-37(3)33(38)15-11-6-7-12-23-39-30-19-16-27(17-20-30)34(31(5-2)26-13-9-8-10-14-26)28-18-21-32-29(24-28)25-35-36-32/h8-11,13-21,24-25H,4-7,12,22-23H2,1-3H3,(H,35,36)/b15-11+,34-31+. The van der Waals surface area contributed by atoms with Gasteiger partial charge in [-0.05, 0) is 90.3 Å². The molecule has 1 N–H and O–H groups in total. The average molecular weight is 522 g/mol. The number of carbonyl (C=O) groups is 1. The topological polar surface area (TPSA) is 58.2 Å². The molecule has 0 aliphatic heterocycles. The Morgan fingerprint density at radius 2 is 1.72 bits per heavy atom. The van der Waals surface area contributed by atoms with Gasteiger partial charge in [-0.1, -0.05) is 68.5 Å². The highest BCUT2D eigenvalue weighted by atomic mass is 16.5. The minimum Gasteiger partial charge on any atom is -0.494 e. The van der Waals surface area contributed by atoms with Crippen molar-refractivity contribution in [2.75, 3.05) is 20.2 Å².